The Morgan fingerprint density at radius 1 is 0.818 bits per heavy atom. The molecule has 0 aliphatic rings. The minimum atomic E-state index is -0.929. The Balaban J connectivity index is 1.94. The molecule has 0 fully saturated rings. The molecular weight excluding hydrogens is 414 g/mol. The number of rotatable bonds is 22. The molecule has 1 rings (SSSR count). The molecule has 0 spiro atoms. The lowest BCUT2D eigenvalue weighted by Gasteiger charge is -2.19. The van der Waals surface area contributed by atoms with Gasteiger partial charge in [0.25, 0.3) is 5.91 Å². The van der Waals surface area contributed by atoms with Crippen molar-refractivity contribution in [3.8, 4) is 0 Å². The van der Waals surface area contributed by atoms with Gasteiger partial charge in [0, 0.05) is 6.42 Å². The molecule has 1 heterocycles. The maximum Gasteiger partial charge on any atom is 0.287 e. The highest BCUT2D eigenvalue weighted by Gasteiger charge is 2.26. The zero-order valence-corrected chi connectivity index (χ0v) is 21.3. The lowest BCUT2D eigenvalue weighted by Crippen LogP contribution is -2.47. The van der Waals surface area contributed by atoms with Gasteiger partial charge in [0.1, 0.15) is 6.04 Å². The zero-order valence-electron chi connectivity index (χ0n) is 21.3. The first-order chi connectivity index (χ1) is 16.1. The zero-order chi connectivity index (χ0) is 24.2. The number of unbranched alkanes of at least 4 members (excludes halogenated alkanes) is 16. The topological polar surface area (TPSA) is 79.5 Å². The largest absolute Gasteiger partial charge is 0.459 e. The number of aliphatic hydroxyl groups excluding tert-OH is 1. The van der Waals surface area contributed by atoms with Crippen molar-refractivity contribution in [2.45, 2.75) is 142 Å². The Kier molecular flexibility index (Phi) is 17.7. The van der Waals surface area contributed by atoms with E-state index in [2.05, 4.69) is 12.2 Å². The monoisotopic (exact) mass is 463 g/mol. The van der Waals surface area contributed by atoms with E-state index in [1.165, 1.54) is 109 Å². The lowest BCUT2D eigenvalue weighted by atomic mass is 10.00. The average Bonchev–Trinajstić information content (AvgIpc) is 3.34. The maximum atomic E-state index is 12.4. The highest BCUT2D eigenvalue weighted by molar-refractivity contribution is 5.96. The number of ketones is 1. The van der Waals surface area contributed by atoms with Crippen molar-refractivity contribution in [1.29, 1.82) is 0 Å². The van der Waals surface area contributed by atoms with Crippen LogP contribution >= 0.6 is 0 Å². The van der Waals surface area contributed by atoms with E-state index in [1.54, 1.807) is 6.07 Å². The van der Waals surface area contributed by atoms with Crippen LogP contribution in [0.25, 0.3) is 0 Å². The van der Waals surface area contributed by atoms with Gasteiger partial charge in [-0.3, -0.25) is 9.59 Å². The van der Waals surface area contributed by atoms with Crippen LogP contribution in [0, 0.1) is 0 Å². The molecule has 0 aromatic carbocycles. The van der Waals surface area contributed by atoms with Crippen LogP contribution in [-0.4, -0.2) is 28.9 Å². The summed E-state index contributed by atoms with van der Waals surface area (Å²) in [5, 5.41) is 12.5. The number of Topliss-reactive ketones (excluding diaryl/α,β-unsaturated/α-hetero) is 1. The summed E-state index contributed by atoms with van der Waals surface area (Å²) in [7, 11) is 0. The van der Waals surface area contributed by atoms with Crippen LogP contribution < -0.4 is 5.32 Å². The third-order valence-electron chi connectivity index (χ3n) is 6.39. The van der Waals surface area contributed by atoms with Gasteiger partial charge in [-0.1, -0.05) is 110 Å². The van der Waals surface area contributed by atoms with E-state index in [0.29, 0.717) is 6.42 Å². The molecule has 2 atom stereocenters. The predicted octanol–water partition coefficient (Wildman–Crippen LogP) is 7.37. The Labute approximate surface area is 202 Å². The number of aliphatic hydroxyl groups is 1. The van der Waals surface area contributed by atoms with Crippen molar-refractivity contribution in [3.05, 3.63) is 24.2 Å². The minimum absolute atomic E-state index is 0.120. The molecule has 1 amide bonds. The second-order valence-corrected chi connectivity index (χ2v) is 9.54. The Morgan fingerprint density at radius 3 is 1.67 bits per heavy atom. The number of amides is 1. The molecule has 0 aliphatic carbocycles. The maximum absolute atomic E-state index is 12.4. The molecule has 0 bridgehead atoms. The average molecular weight is 464 g/mol. The molecule has 5 heteroatoms. The summed E-state index contributed by atoms with van der Waals surface area (Å²) in [6.07, 6.45) is 23.0. The van der Waals surface area contributed by atoms with Crippen LogP contribution in [0.4, 0.5) is 0 Å². The number of carbonyl (C=O) groups is 2. The molecule has 1 aromatic rings. The van der Waals surface area contributed by atoms with Gasteiger partial charge in [-0.15, -0.1) is 0 Å². The third kappa shape index (κ3) is 15.0. The van der Waals surface area contributed by atoms with Crippen LogP contribution in [0.2, 0.25) is 0 Å². The molecule has 0 unspecified atom stereocenters. The number of furan rings is 1. The van der Waals surface area contributed by atoms with Gasteiger partial charge in [0.05, 0.1) is 12.4 Å². The fourth-order valence-corrected chi connectivity index (χ4v) is 4.27. The minimum Gasteiger partial charge on any atom is -0.459 e. The molecule has 0 saturated carbocycles. The van der Waals surface area contributed by atoms with Gasteiger partial charge < -0.3 is 14.8 Å². The first-order valence-electron chi connectivity index (χ1n) is 13.6. The molecule has 0 saturated heterocycles. The summed E-state index contributed by atoms with van der Waals surface area (Å²) < 4.78 is 5.05. The van der Waals surface area contributed by atoms with E-state index in [1.807, 2.05) is 0 Å². The number of hydrogen-bond donors (Lipinski definition) is 2. The summed E-state index contributed by atoms with van der Waals surface area (Å²) in [4.78, 5) is 24.5. The van der Waals surface area contributed by atoms with E-state index in [-0.39, 0.29) is 11.5 Å². The van der Waals surface area contributed by atoms with Crippen molar-refractivity contribution in [2.24, 2.45) is 0 Å². The molecule has 5 nitrogen and oxygen atoms in total. The van der Waals surface area contributed by atoms with E-state index >= 15 is 0 Å². The molecule has 2 N–H and O–H groups in total. The van der Waals surface area contributed by atoms with Crippen molar-refractivity contribution in [3.63, 3.8) is 0 Å². The van der Waals surface area contributed by atoms with Crippen LogP contribution in [0.15, 0.2) is 22.8 Å². The first kappa shape index (κ1) is 29.4. The first-order valence-corrected chi connectivity index (χ1v) is 13.6. The van der Waals surface area contributed by atoms with E-state index < -0.39 is 18.1 Å². The van der Waals surface area contributed by atoms with Gasteiger partial charge in [-0.2, -0.15) is 0 Å². The Morgan fingerprint density at radius 2 is 1.27 bits per heavy atom. The molecule has 1 aromatic heterocycles. The third-order valence-corrected chi connectivity index (χ3v) is 6.39. The molecule has 0 radical (unpaired) electrons. The van der Waals surface area contributed by atoms with E-state index in [9.17, 15) is 14.7 Å². The summed E-state index contributed by atoms with van der Waals surface area (Å²) >= 11 is 0. The van der Waals surface area contributed by atoms with Crippen molar-refractivity contribution in [2.75, 3.05) is 0 Å². The van der Waals surface area contributed by atoms with E-state index in [4.69, 9.17) is 4.42 Å². The quantitative estimate of drug-likeness (QED) is 0.176. The van der Waals surface area contributed by atoms with Gasteiger partial charge in [-0.05, 0) is 25.5 Å². The van der Waals surface area contributed by atoms with Gasteiger partial charge in [0.15, 0.2) is 11.5 Å². The van der Waals surface area contributed by atoms with Crippen LogP contribution in [0.5, 0.6) is 0 Å². The number of carbonyl (C=O) groups excluding carboxylic acids is 2. The Hall–Kier alpha value is -1.62. The van der Waals surface area contributed by atoms with Crippen LogP contribution in [0.3, 0.4) is 0 Å². The molecule has 33 heavy (non-hydrogen) atoms. The van der Waals surface area contributed by atoms with Crippen molar-refractivity contribution >= 4 is 11.7 Å². The van der Waals surface area contributed by atoms with Crippen LogP contribution in [-0.2, 0) is 4.79 Å². The van der Waals surface area contributed by atoms with Gasteiger partial charge >= 0.3 is 0 Å². The second kappa shape index (κ2) is 19.8. The SMILES string of the molecule is CCCCCCCCCCCCCCCCCCCC(=O)[C@@H](NC(=O)c1ccco1)[C@@H](C)O. The predicted molar refractivity (Wildman–Crippen MR) is 135 cm³/mol. The summed E-state index contributed by atoms with van der Waals surface area (Å²) in [6, 6.07) is 2.27. The second-order valence-electron chi connectivity index (χ2n) is 9.54. The van der Waals surface area contributed by atoms with Crippen molar-refractivity contribution in [1.82, 2.24) is 5.32 Å². The highest BCUT2D eigenvalue weighted by atomic mass is 16.3. The summed E-state index contributed by atoms with van der Waals surface area (Å²) in [5.41, 5.74) is 0. The smallest absolute Gasteiger partial charge is 0.287 e. The normalized spacial score (nSPS) is 13.1. The van der Waals surface area contributed by atoms with Crippen LogP contribution in [0.1, 0.15) is 140 Å². The van der Waals surface area contributed by atoms with Gasteiger partial charge in [-0.25, -0.2) is 0 Å². The van der Waals surface area contributed by atoms with Crippen molar-refractivity contribution < 1.29 is 19.1 Å². The highest BCUT2D eigenvalue weighted by Crippen LogP contribution is 2.15. The number of nitrogens with one attached hydrogen (secondary N) is 1. The standard InChI is InChI=1S/C28H49NO4/c1-3-4-5-6-7-8-9-10-11-12-13-14-15-16-17-18-19-21-25(31)27(24(2)30)29-28(32)26-22-20-23-33-26/h20,22-24,27,30H,3-19,21H2,1-2H3,(H,29,32)/t24-,27+/m1/s1. The molecule has 190 valence electrons. The van der Waals surface area contributed by atoms with E-state index in [0.717, 1.165) is 19.3 Å². The molecule has 0 aliphatic heterocycles. The summed E-state index contributed by atoms with van der Waals surface area (Å²) in [5.74, 6) is -0.446. The number of hydrogen-bond acceptors (Lipinski definition) is 4. The fraction of sp³-hybridized carbons (Fsp3) is 0.786. The van der Waals surface area contributed by atoms with Gasteiger partial charge in [0.2, 0.25) is 0 Å². The molecular formula is C28H49NO4. The Bertz CT molecular complexity index is 597. The summed E-state index contributed by atoms with van der Waals surface area (Å²) in [6.45, 7) is 3.80. The lowest BCUT2D eigenvalue weighted by molar-refractivity contribution is -0.123. The fourth-order valence-electron chi connectivity index (χ4n) is 4.27.